The topological polar surface area (TPSA) is 88.9 Å². The summed E-state index contributed by atoms with van der Waals surface area (Å²) in [5.74, 6) is 0.761. The van der Waals surface area contributed by atoms with Gasteiger partial charge < -0.3 is 4.42 Å². The van der Waals surface area contributed by atoms with Gasteiger partial charge >= 0.3 is 0 Å². The summed E-state index contributed by atoms with van der Waals surface area (Å²) in [6.07, 6.45) is 4.28. The van der Waals surface area contributed by atoms with Gasteiger partial charge in [-0.15, -0.1) is 0 Å². The van der Waals surface area contributed by atoms with Crippen LogP contribution < -0.4 is 0 Å². The SMILES string of the molecule is CS(=O)(=O)c1ccc(-n2ncc(C#N)c2-c2ccc(-c3ccco3)cc2)cc1. The molecule has 0 amide bonds. The first-order valence-electron chi connectivity index (χ1n) is 8.40. The quantitative estimate of drug-likeness (QED) is 0.525. The normalized spacial score (nSPS) is 11.3. The Labute approximate surface area is 162 Å². The van der Waals surface area contributed by atoms with Gasteiger partial charge in [0.1, 0.15) is 11.8 Å². The molecule has 7 heteroatoms. The molecule has 2 aromatic heterocycles. The number of furan rings is 1. The number of rotatable bonds is 4. The Bertz CT molecular complexity index is 1260. The number of hydrogen-bond donors (Lipinski definition) is 0. The van der Waals surface area contributed by atoms with Crippen LogP contribution in [0.5, 0.6) is 0 Å². The van der Waals surface area contributed by atoms with E-state index < -0.39 is 9.84 Å². The van der Waals surface area contributed by atoms with Gasteiger partial charge in [0, 0.05) is 17.4 Å². The van der Waals surface area contributed by atoms with Crippen LogP contribution in [0.2, 0.25) is 0 Å². The van der Waals surface area contributed by atoms with Crippen molar-refractivity contribution < 1.29 is 12.8 Å². The molecule has 4 aromatic rings. The van der Waals surface area contributed by atoms with Crippen LogP contribution in [0.3, 0.4) is 0 Å². The Balaban J connectivity index is 1.78. The third-order valence-corrected chi connectivity index (χ3v) is 5.49. The minimum absolute atomic E-state index is 0.230. The molecule has 0 N–H and O–H groups in total. The highest BCUT2D eigenvalue weighted by atomic mass is 32.2. The third-order valence-electron chi connectivity index (χ3n) is 4.36. The standard InChI is InChI=1S/C21H15N3O3S/c1-28(25,26)19-10-8-18(9-11-19)24-21(17(13-22)14-23-24)16-6-4-15(5-7-16)20-3-2-12-27-20/h2-12,14H,1H3. The Kier molecular flexibility index (Phi) is 4.34. The van der Waals surface area contributed by atoms with Gasteiger partial charge in [-0.2, -0.15) is 10.4 Å². The molecule has 0 aliphatic carbocycles. The van der Waals surface area contributed by atoms with Crippen LogP contribution in [-0.4, -0.2) is 24.5 Å². The molecule has 2 heterocycles. The molecular weight excluding hydrogens is 374 g/mol. The van der Waals surface area contributed by atoms with Crippen LogP contribution in [0.25, 0.3) is 28.3 Å². The van der Waals surface area contributed by atoms with E-state index in [9.17, 15) is 13.7 Å². The van der Waals surface area contributed by atoms with Crippen molar-refractivity contribution in [1.82, 2.24) is 9.78 Å². The average Bonchev–Trinajstić information content (AvgIpc) is 3.37. The molecular formula is C21H15N3O3S. The lowest BCUT2D eigenvalue weighted by molar-refractivity contribution is 0.582. The minimum Gasteiger partial charge on any atom is -0.464 e. The molecule has 0 atom stereocenters. The molecule has 138 valence electrons. The van der Waals surface area contributed by atoms with Gasteiger partial charge in [-0.25, -0.2) is 13.1 Å². The van der Waals surface area contributed by atoms with E-state index in [1.807, 2.05) is 36.4 Å². The highest BCUT2D eigenvalue weighted by Crippen LogP contribution is 2.29. The van der Waals surface area contributed by atoms with Gasteiger partial charge in [0.25, 0.3) is 0 Å². The van der Waals surface area contributed by atoms with Gasteiger partial charge in [0.15, 0.2) is 9.84 Å². The van der Waals surface area contributed by atoms with Crippen molar-refractivity contribution in [2.45, 2.75) is 4.90 Å². The van der Waals surface area contributed by atoms with Gasteiger partial charge in [-0.3, -0.25) is 0 Å². The van der Waals surface area contributed by atoms with E-state index in [4.69, 9.17) is 4.42 Å². The van der Waals surface area contributed by atoms with Crippen molar-refractivity contribution in [1.29, 1.82) is 5.26 Å². The van der Waals surface area contributed by atoms with Gasteiger partial charge in [0.2, 0.25) is 0 Å². The molecule has 0 bridgehead atoms. The largest absolute Gasteiger partial charge is 0.464 e. The number of hydrogen-bond acceptors (Lipinski definition) is 5. The van der Waals surface area contributed by atoms with Crippen LogP contribution in [0.1, 0.15) is 5.56 Å². The minimum atomic E-state index is -3.28. The first-order valence-corrected chi connectivity index (χ1v) is 10.3. The maximum atomic E-state index is 11.7. The van der Waals surface area contributed by atoms with Crippen molar-refractivity contribution in [2.75, 3.05) is 6.26 Å². The smallest absolute Gasteiger partial charge is 0.175 e. The maximum absolute atomic E-state index is 11.7. The Hall–Kier alpha value is -3.63. The molecule has 0 fully saturated rings. The fourth-order valence-corrected chi connectivity index (χ4v) is 3.60. The van der Waals surface area contributed by atoms with Crippen LogP contribution in [0.4, 0.5) is 0 Å². The summed E-state index contributed by atoms with van der Waals surface area (Å²) >= 11 is 0. The van der Waals surface area contributed by atoms with Crippen LogP contribution in [0, 0.1) is 11.3 Å². The molecule has 2 aromatic carbocycles. The van der Waals surface area contributed by atoms with Crippen LogP contribution >= 0.6 is 0 Å². The second-order valence-electron chi connectivity index (χ2n) is 6.25. The van der Waals surface area contributed by atoms with Crippen molar-refractivity contribution >= 4 is 9.84 Å². The zero-order chi connectivity index (χ0) is 19.7. The molecule has 0 aliphatic heterocycles. The van der Waals surface area contributed by atoms with E-state index in [0.29, 0.717) is 16.9 Å². The second-order valence-corrected chi connectivity index (χ2v) is 8.27. The summed E-state index contributed by atoms with van der Waals surface area (Å²) in [5, 5.41) is 13.8. The Morgan fingerprint density at radius 2 is 1.68 bits per heavy atom. The molecule has 6 nitrogen and oxygen atoms in total. The van der Waals surface area contributed by atoms with Crippen molar-refractivity contribution in [3.05, 3.63) is 78.7 Å². The fraction of sp³-hybridized carbons (Fsp3) is 0.0476. The van der Waals surface area contributed by atoms with E-state index in [2.05, 4.69) is 11.2 Å². The Morgan fingerprint density at radius 1 is 1.00 bits per heavy atom. The summed E-state index contributed by atoms with van der Waals surface area (Å²) in [5.41, 5.74) is 3.48. The molecule has 0 radical (unpaired) electrons. The maximum Gasteiger partial charge on any atom is 0.175 e. The van der Waals surface area contributed by atoms with Gasteiger partial charge in [-0.1, -0.05) is 24.3 Å². The van der Waals surface area contributed by atoms with Crippen LogP contribution in [-0.2, 0) is 9.84 Å². The summed E-state index contributed by atoms with van der Waals surface area (Å²) in [6.45, 7) is 0. The summed E-state index contributed by atoms with van der Waals surface area (Å²) in [6, 6.07) is 19.9. The molecule has 4 rings (SSSR count). The van der Waals surface area contributed by atoms with Gasteiger partial charge in [-0.05, 0) is 36.4 Å². The molecule has 0 spiro atoms. The van der Waals surface area contributed by atoms with E-state index in [0.717, 1.165) is 23.1 Å². The van der Waals surface area contributed by atoms with Crippen molar-refractivity contribution in [2.24, 2.45) is 0 Å². The fourth-order valence-electron chi connectivity index (χ4n) is 2.97. The second kappa shape index (κ2) is 6.83. The summed E-state index contributed by atoms with van der Waals surface area (Å²) in [4.78, 5) is 0.230. The lowest BCUT2D eigenvalue weighted by atomic mass is 10.0. The lowest BCUT2D eigenvalue weighted by Crippen LogP contribution is -2.01. The van der Waals surface area contributed by atoms with E-state index >= 15 is 0 Å². The third kappa shape index (κ3) is 3.21. The molecule has 28 heavy (non-hydrogen) atoms. The van der Waals surface area contributed by atoms with Gasteiger partial charge in [0.05, 0.1) is 34.3 Å². The van der Waals surface area contributed by atoms with E-state index in [-0.39, 0.29) is 4.90 Å². The Morgan fingerprint density at radius 3 is 2.25 bits per heavy atom. The van der Waals surface area contributed by atoms with Crippen molar-refractivity contribution in [3.63, 3.8) is 0 Å². The molecule has 0 aliphatic rings. The highest BCUT2D eigenvalue weighted by molar-refractivity contribution is 7.90. The predicted molar refractivity (Wildman–Crippen MR) is 105 cm³/mol. The van der Waals surface area contributed by atoms with E-state index in [1.165, 1.54) is 18.3 Å². The average molecular weight is 389 g/mol. The number of aromatic nitrogens is 2. The summed E-state index contributed by atoms with van der Waals surface area (Å²) < 4.78 is 30.4. The van der Waals surface area contributed by atoms with Crippen molar-refractivity contribution in [3.8, 4) is 34.3 Å². The van der Waals surface area contributed by atoms with E-state index in [1.54, 1.807) is 23.1 Å². The zero-order valence-electron chi connectivity index (χ0n) is 14.9. The monoisotopic (exact) mass is 389 g/mol. The number of benzene rings is 2. The predicted octanol–water partition coefficient (Wildman–Crippen LogP) is 4.07. The number of nitriles is 1. The molecule has 0 saturated carbocycles. The number of sulfone groups is 1. The first-order chi connectivity index (χ1) is 13.5. The van der Waals surface area contributed by atoms with Crippen LogP contribution in [0.15, 0.2) is 82.4 Å². The molecule has 0 saturated heterocycles. The number of nitrogens with zero attached hydrogens (tertiary/aromatic N) is 3. The highest BCUT2D eigenvalue weighted by Gasteiger charge is 2.16. The first kappa shape index (κ1) is 17.8. The lowest BCUT2D eigenvalue weighted by Gasteiger charge is -2.09. The molecule has 0 unspecified atom stereocenters. The zero-order valence-corrected chi connectivity index (χ0v) is 15.7. The summed E-state index contributed by atoms with van der Waals surface area (Å²) in [7, 11) is -3.28.